The number of rotatable bonds is 2. The molecule has 0 spiro atoms. The van der Waals surface area contributed by atoms with Crippen molar-refractivity contribution in [3.05, 3.63) is 0 Å². The van der Waals surface area contributed by atoms with Crippen LogP contribution in [0.5, 0.6) is 0 Å². The van der Waals surface area contributed by atoms with Crippen molar-refractivity contribution >= 4 is 17.8 Å². The van der Waals surface area contributed by atoms with Crippen LogP contribution < -0.4 is 0 Å². The van der Waals surface area contributed by atoms with E-state index < -0.39 is 12.0 Å². The van der Waals surface area contributed by atoms with E-state index in [0.717, 1.165) is 0 Å². The van der Waals surface area contributed by atoms with Gasteiger partial charge >= 0.3 is 5.97 Å². The van der Waals surface area contributed by atoms with Gasteiger partial charge in [-0.15, -0.1) is 0 Å². The van der Waals surface area contributed by atoms with E-state index in [4.69, 9.17) is 5.11 Å². The maximum absolute atomic E-state index is 11.8. The van der Waals surface area contributed by atoms with Gasteiger partial charge in [-0.2, -0.15) is 0 Å². The van der Waals surface area contributed by atoms with Gasteiger partial charge in [0.1, 0.15) is 6.04 Å². The number of fused-ring (bicyclic) bond motifs is 1. The minimum Gasteiger partial charge on any atom is -0.480 e. The molecule has 2 saturated heterocycles. The summed E-state index contributed by atoms with van der Waals surface area (Å²) in [6.45, 7) is 2.53. The van der Waals surface area contributed by atoms with Crippen LogP contribution in [0.1, 0.15) is 13.3 Å². The number of likely N-dealkylation sites (tertiary alicyclic amines) is 2. The van der Waals surface area contributed by atoms with Crippen molar-refractivity contribution in [1.82, 2.24) is 9.80 Å². The Hall–Kier alpha value is -1.43. The minimum absolute atomic E-state index is 0.123. The Labute approximate surface area is 99.2 Å². The Morgan fingerprint density at radius 3 is 2.53 bits per heavy atom. The number of hydrogen-bond acceptors (Lipinski definition) is 4. The fourth-order valence-corrected chi connectivity index (χ4v) is 2.64. The number of aliphatic carboxylic acids is 1. The molecule has 2 rings (SSSR count). The molecule has 6 heteroatoms. The molecule has 6 nitrogen and oxygen atoms in total. The Morgan fingerprint density at radius 2 is 1.94 bits per heavy atom. The molecule has 2 heterocycles. The monoisotopic (exact) mass is 240 g/mol. The Kier molecular flexibility index (Phi) is 2.91. The summed E-state index contributed by atoms with van der Waals surface area (Å²) in [6.07, 6.45) is 0.567. The second-order valence-electron chi connectivity index (χ2n) is 4.75. The van der Waals surface area contributed by atoms with E-state index in [-0.39, 0.29) is 23.7 Å². The normalized spacial score (nSPS) is 31.5. The molecule has 0 aromatic carbocycles. The highest BCUT2D eigenvalue weighted by atomic mass is 16.4. The zero-order chi connectivity index (χ0) is 12.7. The predicted octanol–water partition coefficient (Wildman–Crippen LogP) is -0.604. The van der Waals surface area contributed by atoms with Gasteiger partial charge in [-0.3, -0.25) is 24.2 Å². The quantitative estimate of drug-likeness (QED) is 0.652. The van der Waals surface area contributed by atoms with E-state index in [1.54, 1.807) is 11.8 Å². The highest BCUT2D eigenvalue weighted by molar-refractivity contribution is 6.05. The third-order valence-electron chi connectivity index (χ3n) is 3.84. The summed E-state index contributed by atoms with van der Waals surface area (Å²) in [5.41, 5.74) is 0. The van der Waals surface area contributed by atoms with Crippen molar-refractivity contribution < 1.29 is 19.5 Å². The Balaban J connectivity index is 2.12. The number of carboxylic acids is 1. The predicted molar refractivity (Wildman–Crippen MR) is 58.0 cm³/mol. The first-order valence-electron chi connectivity index (χ1n) is 5.71. The summed E-state index contributed by atoms with van der Waals surface area (Å²) in [5.74, 6) is -1.80. The van der Waals surface area contributed by atoms with Crippen LogP contribution in [0.25, 0.3) is 0 Å². The van der Waals surface area contributed by atoms with Crippen LogP contribution in [0.2, 0.25) is 0 Å². The van der Waals surface area contributed by atoms with Gasteiger partial charge < -0.3 is 5.11 Å². The van der Waals surface area contributed by atoms with Gasteiger partial charge in [0.05, 0.1) is 11.8 Å². The zero-order valence-corrected chi connectivity index (χ0v) is 9.92. The molecule has 17 heavy (non-hydrogen) atoms. The van der Waals surface area contributed by atoms with E-state index in [1.165, 1.54) is 11.9 Å². The lowest BCUT2D eigenvalue weighted by atomic mass is 9.87. The highest BCUT2D eigenvalue weighted by Gasteiger charge is 2.49. The Bertz CT molecular complexity index is 382. The molecular weight excluding hydrogens is 224 g/mol. The fourth-order valence-electron chi connectivity index (χ4n) is 2.64. The third kappa shape index (κ3) is 1.82. The number of carboxylic acid groups (broad SMARTS) is 1. The summed E-state index contributed by atoms with van der Waals surface area (Å²) < 4.78 is 0. The van der Waals surface area contributed by atoms with Crippen LogP contribution >= 0.6 is 0 Å². The molecule has 2 aliphatic heterocycles. The average molecular weight is 240 g/mol. The van der Waals surface area contributed by atoms with E-state index in [2.05, 4.69) is 0 Å². The number of amides is 2. The number of imide groups is 1. The molecule has 2 amide bonds. The number of carbonyl (C=O) groups excluding carboxylic acids is 2. The van der Waals surface area contributed by atoms with Crippen molar-refractivity contribution in [2.75, 3.05) is 20.1 Å². The lowest BCUT2D eigenvalue weighted by Gasteiger charge is -2.34. The first kappa shape index (κ1) is 12.0. The van der Waals surface area contributed by atoms with Gasteiger partial charge in [0.15, 0.2) is 0 Å². The number of nitrogens with zero attached hydrogens (tertiary/aromatic N) is 2. The molecule has 2 fully saturated rings. The third-order valence-corrected chi connectivity index (χ3v) is 3.84. The van der Waals surface area contributed by atoms with Crippen LogP contribution in [0, 0.1) is 11.8 Å². The molecule has 0 aliphatic carbocycles. The fraction of sp³-hybridized carbons (Fsp3) is 0.727. The van der Waals surface area contributed by atoms with Crippen LogP contribution in [0.4, 0.5) is 0 Å². The highest BCUT2D eigenvalue weighted by Crippen LogP contribution is 2.33. The van der Waals surface area contributed by atoms with Gasteiger partial charge in [-0.1, -0.05) is 0 Å². The van der Waals surface area contributed by atoms with Crippen molar-refractivity contribution in [2.45, 2.75) is 19.4 Å². The molecule has 2 aliphatic rings. The molecule has 3 atom stereocenters. The molecular formula is C11H16N2O4. The summed E-state index contributed by atoms with van der Waals surface area (Å²) in [5, 5.41) is 8.94. The number of carbonyl (C=O) groups is 3. The maximum atomic E-state index is 11.8. The molecule has 0 saturated carbocycles. The van der Waals surface area contributed by atoms with E-state index in [0.29, 0.717) is 19.5 Å². The smallest absolute Gasteiger partial charge is 0.320 e. The van der Waals surface area contributed by atoms with Gasteiger partial charge in [0.25, 0.3) is 0 Å². The summed E-state index contributed by atoms with van der Waals surface area (Å²) in [6, 6.07) is -0.607. The van der Waals surface area contributed by atoms with Crippen molar-refractivity contribution in [2.24, 2.45) is 11.8 Å². The van der Waals surface area contributed by atoms with Gasteiger partial charge in [-0.05, 0) is 19.9 Å². The van der Waals surface area contributed by atoms with Gasteiger partial charge in [0.2, 0.25) is 11.8 Å². The zero-order valence-electron chi connectivity index (χ0n) is 9.92. The van der Waals surface area contributed by atoms with Crippen LogP contribution in [0.15, 0.2) is 0 Å². The van der Waals surface area contributed by atoms with Crippen LogP contribution in [-0.4, -0.2) is 58.9 Å². The SMILES string of the molecule is C[C@H](C(=O)O)N1CC[C@@H]2C(=O)N(C)C(=O)[C@H]2C1. The molecule has 1 N–H and O–H groups in total. The summed E-state index contributed by atoms with van der Waals surface area (Å²) in [4.78, 5) is 37.4. The Morgan fingerprint density at radius 1 is 1.35 bits per heavy atom. The van der Waals surface area contributed by atoms with Crippen LogP contribution in [-0.2, 0) is 14.4 Å². The molecule has 0 radical (unpaired) electrons. The van der Waals surface area contributed by atoms with Crippen molar-refractivity contribution in [3.63, 3.8) is 0 Å². The second-order valence-corrected chi connectivity index (χ2v) is 4.75. The molecule has 94 valence electrons. The van der Waals surface area contributed by atoms with E-state index >= 15 is 0 Å². The lowest BCUT2D eigenvalue weighted by Crippen LogP contribution is -2.48. The minimum atomic E-state index is -0.895. The summed E-state index contributed by atoms with van der Waals surface area (Å²) in [7, 11) is 1.49. The number of piperidine rings is 1. The molecule has 0 bridgehead atoms. The van der Waals surface area contributed by atoms with E-state index in [9.17, 15) is 14.4 Å². The molecule has 0 unspecified atom stereocenters. The van der Waals surface area contributed by atoms with Gasteiger partial charge in [-0.25, -0.2) is 0 Å². The van der Waals surface area contributed by atoms with Crippen molar-refractivity contribution in [1.29, 1.82) is 0 Å². The maximum Gasteiger partial charge on any atom is 0.320 e. The topological polar surface area (TPSA) is 77.9 Å². The van der Waals surface area contributed by atoms with Gasteiger partial charge in [0, 0.05) is 13.6 Å². The van der Waals surface area contributed by atoms with Crippen molar-refractivity contribution in [3.8, 4) is 0 Å². The van der Waals surface area contributed by atoms with Crippen LogP contribution in [0.3, 0.4) is 0 Å². The first-order chi connectivity index (χ1) is 7.93. The standard InChI is InChI=1S/C11H16N2O4/c1-6(11(16)17)13-4-3-7-8(5-13)10(15)12(2)9(7)14/h6-8H,3-5H2,1-2H3,(H,16,17)/t6-,7+,8+/m1/s1. The largest absolute Gasteiger partial charge is 0.480 e. The molecule has 0 aromatic rings. The average Bonchev–Trinajstić information content (AvgIpc) is 2.53. The lowest BCUT2D eigenvalue weighted by molar-refractivity contribution is -0.144. The molecule has 0 aromatic heterocycles. The first-order valence-corrected chi connectivity index (χ1v) is 5.71. The number of hydrogen-bond donors (Lipinski definition) is 1. The second kappa shape index (κ2) is 4.10. The van der Waals surface area contributed by atoms with E-state index in [1.807, 2.05) is 0 Å². The summed E-state index contributed by atoms with van der Waals surface area (Å²) >= 11 is 0.